The zero-order valence-corrected chi connectivity index (χ0v) is 12.3. The summed E-state index contributed by atoms with van der Waals surface area (Å²) in [4.78, 5) is 0. The molecule has 0 saturated heterocycles. The summed E-state index contributed by atoms with van der Waals surface area (Å²) < 4.78 is 13.7. The lowest BCUT2D eigenvalue weighted by molar-refractivity contribution is 0.0327. The summed E-state index contributed by atoms with van der Waals surface area (Å²) in [7, 11) is 0. The van der Waals surface area contributed by atoms with Gasteiger partial charge in [-0.15, -0.1) is 0 Å². The molecule has 19 heavy (non-hydrogen) atoms. The van der Waals surface area contributed by atoms with Crippen molar-refractivity contribution in [1.29, 1.82) is 0 Å². The van der Waals surface area contributed by atoms with Gasteiger partial charge in [-0.25, -0.2) is 4.39 Å². The van der Waals surface area contributed by atoms with Crippen molar-refractivity contribution in [3.8, 4) is 0 Å². The number of rotatable bonds is 4. The van der Waals surface area contributed by atoms with Crippen LogP contribution in [-0.2, 0) is 12.0 Å². The highest BCUT2D eigenvalue weighted by Crippen LogP contribution is 2.30. The fourth-order valence-electron chi connectivity index (χ4n) is 2.17. The van der Waals surface area contributed by atoms with E-state index in [4.69, 9.17) is 0 Å². The third kappa shape index (κ3) is 3.23. The molecule has 0 fully saturated rings. The van der Waals surface area contributed by atoms with E-state index in [0.717, 1.165) is 11.1 Å². The minimum Gasteiger partial charge on any atom is -0.385 e. The summed E-state index contributed by atoms with van der Waals surface area (Å²) in [6.45, 7) is 1.95. The van der Waals surface area contributed by atoms with E-state index in [2.05, 4.69) is 15.9 Å². The minimum absolute atomic E-state index is 0.288. The van der Waals surface area contributed by atoms with Crippen molar-refractivity contribution in [3.05, 3.63) is 69.9 Å². The highest BCUT2D eigenvalue weighted by atomic mass is 79.9. The second-order valence-electron chi connectivity index (χ2n) is 4.68. The highest BCUT2D eigenvalue weighted by Gasteiger charge is 2.27. The van der Waals surface area contributed by atoms with Gasteiger partial charge in [-0.1, -0.05) is 43.3 Å². The Balaban J connectivity index is 2.30. The molecule has 0 aliphatic rings. The molecule has 0 spiro atoms. The van der Waals surface area contributed by atoms with Crippen molar-refractivity contribution in [1.82, 2.24) is 0 Å². The van der Waals surface area contributed by atoms with Gasteiger partial charge in [0.2, 0.25) is 0 Å². The van der Waals surface area contributed by atoms with Crippen LogP contribution < -0.4 is 0 Å². The molecule has 0 aliphatic carbocycles. The highest BCUT2D eigenvalue weighted by molar-refractivity contribution is 9.10. The van der Waals surface area contributed by atoms with Crippen LogP contribution in [0, 0.1) is 5.82 Å². The average Bonchev–Trinajstić information content (AvgIpc) is 2.44. The molecule has 0 amide bonds. The van der Waals surface area contributed by atoms with Gasteiger partial charge in [0.1, 0.15) is 5.82 Å². The third-order valence-electron chi connectivity index (χ3n) is 3.38. The Morgan fingerprint density at radius 1 is 1.16 bits per heavy atom. The molecule has 2 aromatic rings. The molecular weight excluding hydrogens is 307 g/mol. The fraction of sp³-hybridized carbons (Fsp3) is 0.250. The molecule has 0 heterocycles. The Morgan fingerprint density at radius 2 is 1.84 bits per heavy atom. The van der Waals surface area contributed by atoms with Crippen molar-refractivity contribution in [2.24, 2.45) is 0 Å². The van der Waals surface area contributed by atoms with Gasteiger partial charge >= 0.3 is 0 Å². The van der Waals surface area contributed by atoms with Gasteiger partial charge in [0.25, 0.3) is 0 Å². The van der Waals surface area contributed by atoms with Crippen molar-refractivity contribution < 1.29 is 9.50 Å². The van der Waals surface area contributed by atoms with Crippen LogP contribution in [-0.4, -0.2) is 5.11 Å². The molecule has 0 bridgehead atoms. The second-order valence-corrected chi connectivity index (χ2v) is 5.53. The van der Waals surface area contributed by atoms with Crippen molar-refractivity contribution >= 4 is 15.9 Å². The van der Waals surface area contributed by atoms with Crippen LogP contribution in [0.2, 0.25) is 0 Å². The average molecular weight is 323 g/mol. The predicted molar refractivity (Wildman–Crippen MR) is 78.4 cm³/mol. The van der Waals surface area contributed by atoms with Crippen molar-refractivity contribution in [2.75, 3.05) is 0 Å². The Labute approximate surface area is 121 Å². The molecule has 0 aliphatic heterocycles. The Bertz CT molecular complexity index is 556. The SMILES string of the molecule is CCC(O)(Cc1ccc(F)c(Br)c1)c1ccccc1. The minimum atomic E-state index is -0.918. The van der Waals surface area contributed by atoms with E-state index in [0.29, 0.717) is 17.3 Å². The lowest BCUT2D eigenvalue weighted by Gasteiger charge is -2.27. The fourth-order valence-corrected chi connectivity index (χ4v) is 2.59. The zero-order chi connectivity index (χ0) is 13.9. The first-order chi connectivity index (χ1) is 9.05. The molecule has 0 radical (unpaired) electrons. The summed E-state index contributed by atoms with van der Waals surface area (Å²) >= 11 is 3.18. The lowest BCUT2D eigenvalue weighted by Crippen LogP contribution is -2.27. The second kappa shape index (κ2) is 5.85. The summed E-state index contributed by atoms with van der Waals surface area (Å²) in [5.74, 6) is -0.288. The van der Waals surface area contributed by atoms with Gasteiger partial charge in [-0.3, -0.25) is 0 Å². The molecule has 1 nitrogen and oxygen atoms in total. The molecule has 2 rings (SSSR count). The van der Waals surface area contributed by atoms with E-state index in [1.807, 2.05) is 37.3 Å². The molecule has 1 atom stereocenters. The van der Waals surface area contributed by atoms with Gasteiger partial charge in [-0.05, 0) is 45.6 Å². The van der Waals surface area contributed by atoms with Crippen molar-refractivity contribution in [3.63, 3.8) is 0 Å². The van der Waals surface area contributed by atoms with Crippen LogP contribution in [0.15, 0.2) is 53.0 Å². The predicted octanol–water partition coefficient (Wildman–Crippen LogP) is 4.43. The number of hydrogen-bond acceptors (Lipinski definition) is 1. The standard InChI is InChI=1S/C16H16BrFO/c1-2-16(19,13-6-4-3-5-7-13)11-12-8-9-15(18)14(17)10-12/h3-10,19H,2,11H2,1H3. The zero-order valence-electron chi connectivity index (χ0n) is 10.7. The van der Waals surface area contributed by atoms with Crippen LogP contribution in [0.3, 0.4) is 0 Å². The Kier molecular flexibility index (Phi) is 4.38. The normalized spacial score (nSPS) is 14.1. The monoisotopic (exact) mass is 322 g/mol. The maximum Gasteiger partial charge on any atom is 0.137 e. The summed E-state index contributed by atoms with van der Waals surface area (Å²) in [5.41, 5.74) is 0.873. The first-order valence-electron chi connectivity index (χ1n) is 6.27. The number of hydrogen-bond donors (Lipinski definition) is 1. The lowest BCUT2D eigenvalue weighted by atomic mass is 9.85. The first-order valence-corrected chi connectivity index (χ1v) is 7.06. The third-order valence-corrected chi connectivity index (χ3v) is 3.98. The molecule has 0 saturated carbocycles. The molecule has 100 valence electrons. The van der Waals surface area contributed by atoms with E-state index in [1.165, 1.54) is 6.07 Å². The van der Waals surface area contributed by atoms with Gasteiger partial charge in [0, 0.05) is 6.42 Å². The van der Waals surface area contributed by atoms with Crippen LogP contribution >= 0.6 is 15.9 Å². The largest absolute Gasteiger partial charge is 0.385 e. The number of aliphatic hydroxyl groups is 1. The molecule has 1 N–H and O–H groups in total. The van der Waals surface area contributed by atoms with E-state index in [9.17, 15) is 9.50 Å². The Morgan fingerprint density at radius 3 is 2.42 bits per heavy atom. The summed E-state index contributed by atoms with van der Waals surface area (Å²) in [6, 6.07) is 14.4. The van der Waals surface area contributed by atoms with E-state index < -0.39 is 5.60 Å². The van der Waals surface area contributed by atoms with Gasteiger partial charge in [-0.2, -0.15) is 0 Å². The first kappa shape index (κ1) is 14.2. The van der Waals surface area contributed by atoms with Gasteiger partial charge in [0.05, 0.1) is 10.1 Å². The van der Waals surface area contributed by atoms with Crippen LogP contribution in [0.5, 0.6) is 0 Å². The molecule has 3 heteroatoms. The summed E-state index contributed by atoms with van der Waals surface area (Å²) in [5, 5.41) is 10.8. The quantitative estimate of drug-likeness (QED) is 0.882. The van der Waals surface area contributed by atoms with Crippen molar-refractivity contribution in [2.45, 2.75) is 25.4 Å². The topological polar surface area (TPSA) is 20.2 Å². The maximum absolute atomic E-state index is 13.2. The molecule has 0 aromatic heterocycles. The molecule has 2 aromatic carbocycles. The van der Waals surface area contributed by atoms with Gasteiger partial charge in [0.15, 0.2) is 0 Å². The van der Waals surface area contributed by atoms with E-state index in [1.54, 1.807) is 12.1 Å². The summed E-state index contributed by atoms with van der Waals surface area (Å²) in [6.07, 6.45) is 1.07. The Hall–Kier alpha value is -1.19. The van der Waals surface area contributed by atoms with Crippen LogP contribution in [0.1, 0.15) is 24.5 Å². The molecular formula is C16H16BrFO. The van der Waals surface area contributed by atoms with Crippen LogP contribution in [0.25, 0.3) is 0 Å². The van der Waals surface area contributed by atoms with E-state index in [-0.39, 0.29) is 5.82 Å². The van der Waals surface area contributed by atoms with Crippen LogP contribution in [0.4, 0.5) is 4.39 Å². The van der Waals surface area contributed by atoms with E-state index >= 15 is 0 Å². The molecule has 1 unspecified atom stereocenters. The number of halogens is 2. The number of benzene rings is 2. The van der Waals surface area contributed by atoms with Gasteiger partial charge < -0.3 is 5.11 Å². The smallest absolute Gasteiger partial charge is 0.137 e. The maximum atomic E-state index is 13.2.